The Morgan fingerprint density at radius 1 is 0.931 bits per heavy atom. The summed E-state index contributed by atoms with van der Waals surface area (Å²) in [5.74, 6) is -2.44. The number of aliphatic carboxylic acids is 1. The average molecular weight is 410 g/mol. The van der Waals surface area contributed by atoms with E-state index in [0.717, 1.165) is 0 Å². The summed E-state index contributed by atoms with van der Waals surface area (Å²) >= 11 is 0. The van der Waals surface area contributed by atoms with Gasteiger partial charge < -0.3 is 25.3 Å². The number of phenolic OH excluding ortho intramolecular Hbond substituents is 1. The maximum Gasteiger partial charge on any atom is 0.304 e. The van der Waals surface area contributed by atoms with Crippen LogP contribution in [0.5, 0.6) is 5.75 Å². The molecule has 0 fully saturated rings. The molecule has 1 aromatic carbocycles. The Morgan fingerprint density at radius 2 is 1.34 bits per heavy atom. The Kier molecular flexibility index (Phi) is 8.24. The molecule has 4 N–H and O–H groups in total. The Morgan fingerprint density at radius 3 is 1.66 bits per heavy atom. The summed E-state index contributed by atoms with van der Waals surface area (Å²) in [6.45, 7) is 11.1. The molecule has 1 atom stereocenters. The summed E-state index contributed by atoms with van der Waals surface area (Å²) in [6, 6.07) is 3.40. The standard InChI is InChI=1S/C22H35NO6/c1-21(2,3)16-11-14(12-17(19(16)28)22(4,5)6)15(13-18(26)27)20(29)23(7-9-24)8-10-25/h11-12,15,24-25,28H,7-10,13H2,1-6H3,(H,26,27). The van der Waals surface area contributed by atoms with Crippen LogP contribution in [0, 0.1) is 0 Å². The fourth-order valence-corrected chi connectivity index (χ4v) is 3.32. The van der Waals surface area contributed by atoms with Gasteiger partial charge in [0.25, 0.3) is 0 Å². The number of hydrogen-bond donors (Lipinski definition) is 4. The second-order valence-electron chi connectivity index (χ2n) is 9.39. The highest BCUT2D eigenvalue weighted by Crippen LogP contribution is 2.41. The molecule has 1 amide bonds. The minimum Gasteiger partial charge on any atom is -0.507 e. The number of aliphatic hydroxyl groups excluding tert-OH is 2. The van der Waals surface area contributed by atoms with Gasteiger partial charge in [-0.05, 0) is 27.5 Å². The van der Waals surface area contributed by atoms with Gasteiger partial charge in [-0.25, -0.2) is 0 Å². The summed E-state index contributed by atoms with van der Waals surface area (Å²) < 4.78 is 0. The number of phenols is 1. The van der Waals surface area contributed by atoms with E-state index in [1.165, 1.54) is 4.90 Å². The molecular weight excluding hydrogens is 374 g/mol. The zero-order chi connectivity index (χ0) is 22.6. The Balaban J connectivity index is 3.68. The summed E-state index contributed by atoms with van der Waals surface area (Å²) in [7, 11) is 0. The fourth-order valence-electron chi connectivity index (χ4n) is 3.32. The first-order valence-corrected chi connectivity index (χ1v) is 9.84. The van der Waals surface area contributed by atoms with Crippen molar-refractivity contribution in [3.05, 3.63) is 28.8 Å². The van der Waals surface area contributed by atoms with E-state index in [9.17, 15) is 30.0 Å². The average Bonchev–Trinajstić information content (AvgIpc) is 2.57. The molecule has 0 aliphatic carbocycles. The smallest absolute Gasteiger partial charge is 0.304 e. The van der Waals surface area contributed by atoms with E-state index in [1.807, 2.05) is 41.5 Å². The second-order valence-corrected chi connectivity index (χ2v) is 9.39. The largest absolute Gasteiger partial charge is 0.507 e. The molecule has 0 bridgehead atoms. The van der Waals surface area contributed by atoms with Gasteiger partial charge in [-0.2, -0.15) is 0 Å². The first-order chi connectivity index (χ1) is 13.2. The number of carboxylic acids is 1. The molecule has 29 heavy (non-hydrogen) atoms. The molecule has 0 heterocycles. The van der Waals surface area contributed by atoms with Crippen LogP contribution >= 0.6 is 0 Å². The minimum atomic E-state index is -1.13. The Hall–Kier alpha value is -2.12. The predicted octanol–water partition coefficient (Wildman–Crippen LogP) is 2.36. The monoisotopic (exact) mass is 409 g/mol. The minimum absolute atomic E-state index is 0.00581. The SMILES string of the molecule is CC(C)(C)c1cc(C(CC(=O)O)C(=O)N(CCO)CCO)cc(C(C)(C)C)c1O. The summed E-state index contributed by atoms with van der Waals surface area (Å²) in [5, 5.41) is 38.8. The van der Waals surface area contributed by atoms with Crippen LogP contribution in [0.25, 0.3) is 0 Å². The fraction of sp³-hybridized carbons (Fsp3) is 0.636. The molecule has 164 valence electrons. The number of carboxylic acid groups (broad SMARTS) is 1. The van der Waals surface area contributed by atoms with Crippen LogP contribution in [0.3, 0.4) is 0 Å². The molecule has 0 radical (unpaired) electrons. The van der Waals surface area contributed by atoms with E-state index in [1.54, 1.807) is 12.1 Å². The number of carbonyl (C=O) groups excluding carboxylic acids is 1. The van der Waals surface area contributed by atoms with Gasteiger partial charge in [-0.3, -0.25) is 9.59 Å². The van der Waals surface area contributed by atoms with Crippen LogP contribution in [-0.4, -0.2) is 63.5 Å². The van der Waals surface area contributed by atoms with Crippen molar-refractivity contribution in [1.82, 2.24) is 4.90 Å². The molecule has 7 heteroatoms. The van der Waals surface area contributed by atoms with Crippen molar-refractivity contribution in [2.24, 2.45) is 0 Å². The van der Waals surface area contributed by atoms with Gasteiger partial charge in [0.05, 0.1) is 25.6 Å². The van der Waals surface area contributed by atoms with Gasteiger partial charge >= 0.3 is 5.97 Å². The van der Waals surface area contributed by atoms with Crippen molar-refractivity contribution in [2.75, 3.05) is 26.3 Å². The van der Waals surface area contributed by atoms with Crippen molar-refractivity contribution >= 4 is 11.9 Å². The lowest BCUT2D eigenvalue weighted by atomic mass is 9.76. The van der Waals surface area contributed by atoms with Gasteiger partial charge in [0.2, 0.25) is 5.91 Å². The van der Waals surface area contributed by atoms with Crippen LogP contribution < -0.4 is 0 Å². The van der Waals surface area contributed by atoms with Gasteiger partial charge in [-0.1, -0.05) is 53.7 Å². The van der Waals surface area contributed by atoms with Crippen LogP contribution in [0.15, 0.2) is 12.1 Å². The zero-order valence-electron chi connectivity index (χ0n) is 18.3. The number of aliphatic hydroxyl groups is 2. The van der Waals surface area contributed by atoms with Gasteiger partial charge in [0, 0.05) is 13.1 Å². The summed E-state index contributed by atoms with van der Waals surface area (Å²) in [4.78, 5) is 26.0. The lowest BCUT2D eigenvalue weighted by Gasteiger charge is -2.31. The molecule has 0 saturated heterocycles. The molecule has 0 aromatic heterocycles. The topological polar surface area (TPSA) is 118 Å². The highest BCUT2D eigenvalue weighted by atomic mass is 16.4. The summed E-state index contributed by atoms with van der Waals surface area (Å²) in [5.41, 5.74) is 0.934. The summed E-state index contributed by atoms with van der Waals surface area (Å²) in [6.07, 6.45) is -0.426. The number of benzene rings is 1. The van der Waals surface area contributed by atoms with Crippen molar-refractivity contribution in [3.8, 4) is 5.75 Å². The van der Waals surface area contributed by atoms with Crippen LogP contribution in [0.1, 0.15) is 70.6 Å². The van der Waals surface area contributed by atoms with Crippen molar-refractivity contribution in [1.29, 1.82) is 0 Å². The van der Waals surface area contributed by atoms with E-state index >= 15 is 0 Å². The first-order valence-electron chi connectivity index (χ1n) is 9.84. The Bertz CT molecular complexity index is 689. The van der Waals surface area contributed by atoms with E-state index in [-0.39, 0.29) is 32.1 Å². The highest BCUT2D eigenvalue weighted by molar-refractivity contribution is 5.88. The lowest BCUT2D eigenvalue weighted by Crippen LogP contribution is -2.40. The van der Waals surface area contributed by atoms with Crippen molar-refractivity contribution in [3.63, 3.8) is 0 Å². The predicted molar refractivity (Wildman–Crippen MR) is 111 cm³/mol. The third kappa shape index (κ3) is 6.44. The number of hydrogen-bond acceptors (Lipinski definition) is 5. The van der Waals surface area contributed by atoms with Gasteiger partial charge in [0.1, 0.15) is 5.75 Å². The van der Waals surface area contributed by atoms with E-state index in [0.29, 0.717) is 16.7 Å². The van der Waals surface area contributed by atoms with E-state index < -0.39 is 35.0 Å². The lowest BCUT2D eigenvalue weighted by molar-refractivity contribution is -0.142. The number of carbonyl (C=O) groups is 2. The molecule has 0 aliphatic rings. The normalized spacial score (nSPS) is 13.2. The van der Waals surface area contributed by atoms with Crippen LogP contribution in [0.2, 0.25) is 0 Å². The molecule has 0 saturated carbocycles. The molecule has 1 unspecified atom stereocenters. The zero-order valence-corrected chi connectivity index (χ0v) is 18.3. The quantitative estimate of drug-likeness (QED) is 0.523. The molecule has 0 aliphatic heterocycles. The van der Waals surface area contributed by atoms with E-state index in [2.05, 4.69) is 0 Å². The molecule has 0 spiro atoms. The van der Waals surface area contributed by atoms with Crippen LogP contribution in [0.4, 0.5) is 0 Å². The third-order valence-corrected chi connectivity index (χ3v) is 4.88. The molecular formula is C22H35NO6. The van der Waals surface area contributed by atoms with Crippen molar-refractivity contribution < 1.29 is 30.0 Å². The third-order valence-electron chi connectivity index (χ3n) is 4.88. The molecule has 1 aromatic rings. The maximum atomic E-state index is 13.1. The van der Waals surface area contributed by atoms with Gasteiger partial charge in [-0.15, -0.1) is 0 Å². The maximum absolute atomic E-state index is 13.1. The second kappa shape index (κ2) is 9.59. The molecule has 7 nitrogen and oxygen atoms in total. The number of nitrogens with zero attached hydrogens (tertiary/aromatic N) is 1. The van der Waals surface area contributed by atoms with Gasteiger partial charge in [0.15, 0.2) is 0 Å². The van der Waals surface area contributed by atoms with Crippen LogP contribution in [-0.2, 0) is 20.4 Å². The van der Waals surface area contributed by atoms with Crippen molar-refractivity contribution in [2.45, 2.75) is 64.7 Å². The van der Waals surface area contributed by atoms with E-state index in [4.69, 9.17) is 0 Å². The number of rotatable bonds is 8. The number of aromatic hydroxyl groups is 1. The number of amides is 1. The first kappa shape index (κ1) is 24.9. The highest BCUT2D eigenvalue weighted by Gasteiger charge is 2.33. The molecule has 1 rings (SSSR count). The Labute approximate surface area is 173 Å².